The molecule has 0 heterocycles. The summed E-state index contributed by atoms with van der Waals surface area (Å²) in [5, 5.41) is 19.4. The topological polar surface area (TPSA) is 76.0 Å². The Morgan fingerprint density at radius 1 is 1.35 bits per heavy atom. The third kappa shape index (κ3) is 5.19. The van der Waals surface area contributed by atoms with Gasteiger partial charge in [-0.15, -0.1) is 0 Å². The molecule has 5 nitrogen and oxygen atoms in total. The zero-order valence-corrected chi connectivity index (χ0v) is 12.0. The maximum Gasteiger partial charge on any atom is 0.167 e. The number of aromatic hydroxyl groups is 1. The molecule has 1 unspecified atom stereocenters. The Bertz CT molecular complexity index is 430. The highest BCUT2D eigenvalue weighted by Gasteiger charge is 2.15. The molecular formula is C15H22O5. The van der Waals surface area contributed by atoms with Crippen LogP contribution in [0.1, 0.15) is 37.0 Å². The molecule has 0 aliphatic carbocycles. The molecule has 0 aromatic heterocycles. The van der Waals surface area contributed by atoms with Crippen LogP contribution in [0, 0.1) is 0 Å². The molecule has 0 bridgehead atoms. The molecule has 1 rings (SSSR count). The number of hydrogen-bond acceptors (Lipinski definition) is 5. The van der Waals surface area contributed by atoms with Crippen LogP contribution in [0.5, 0.6) is 11.5 Å². The smallest absolute Gasteiger partial charge is 0.167 e. The molecule has 1 aromatic rings. The SMILES string of the molecule is CCCCOCC(O)COc1cccc(O)c1C(C)=O. The first-order chi connectivity index (χ1) is 9.56. The summed E-state index contributed by atoms with van der Waals surface area (Å²) >= 11 is 0. The monoisotopic (exact) mass is 282 g/mol. The number of carbonyl (C=O) groups is 1. The van der Waals surface area contributed by atoms with Crippen molar-refractivity contribution in [3.63, 3.8) is 0 Å². The maximum atomic E-state index is 11.4. The van der Waals surface area contributed by atoms with Crippen LogP contribution in [0.2, 0.25) is 0 Å². The first-order valence-corrected chi connectivity index (χ1v) is 6.77. The summed E-state index contributed by atoms with van der Waals surface area (Å²) in [5.41, 5.74) is 0.131. The molecule has 0 fully saturated rings. The van der Waals surface area contributed by atoms with Crippen molar-refractivity contribution in [3.05, 3.63) is 23.8 Å². The van der Waals surface area contributed by atoms with Crippen LogP contribution in [-0.4, -0.2) is 41.9 Å². The second-order valence-electron chi connectivity index (χ2n) is 4.60. The van der Waals surface area contributed by atoms with Crippen LogP contribution < -0.4 is 4.74 Å². The molecule has 0 radical (unpaired) electrons. The van der Waals surface area contributed by atoms with Crippen molar-refractivity contribution in [1.29, 1.82) is 0 Å². The van der Waals surface area contributed by atoms with Gasteiger partial charge in [0, 0.05) is 6.61 Å². The Morgan fingerprint density at radius 2 is 2.10 bits per heavy atom. The lowest BCUT2D eigenvalue weighted by Gasteiger charge is -2.15. The number of Topliss-reactive ketones (excluding diaryl/α,β-unsaturated/α-hetero) is 1. The number of hydrogen-bond donors (Lipinski definition) is 2. The van der Waals surface area contributed by atoms with Gasteiger partial charge in [-0.05, 0) is 25.5 Å². The summed E-state index contributed by atoms with van der Waals surface area (Å²) < 4.78 is 10.7. The number of phenolic OH excluding ortho intramolecular Hbond substituents is 1. The summed E-state index contributed by atoms with van der Waals surface area (Å²) in [6, 6.07) is 4.59. The van der Waals surface area contributed by atoms with E-state index in [1.807, 2.05) is 0 Å². The number of benzene rings is 1. The number of carbonyl (C=O) groups excluding carboxylic acids is 1. The van der Waals surface area contributed by atoms with Crippen molar-refractivity contribution in [1.82, 2.24) is 0 Å². The van der Waals surface area contributed by atoms with Crippen LogP contribution in [0.3, 0.4) is 0 Å². The van der Waals surface area contributed by atoms with E-state index in [9.17, 15) is 15.0 Å². The number of aliphatic hydroxyl groups is 1. The molecular weight excluding hydrogens is 260 g/mol. The highest BCUT2D eigenvalue weighted by molar-refractivity contribution is 5.99. The fourth-order valence-electron chi connectivity index (χ4n) is 1.69. The van der Waals surface area contributed by atoms with Gasteiger partial charge in [-0.25, -0.2) is 0 Å². The van der Waals surface area contributed by atoms with Crippen LogP contribution in [0.4, 0.5) is 0 Å². The number of rotatable bonds is 9. The van der Waals surface area contributed by atoms with E-state index in [4.69, 9.17) is 9.47 Å². The first-order valence-electron chi connectivity index (χ1n) is 6.77. The fraction of sp³-hybridized carbons (Fsp3) is 0.533. The molecule has 2 N–H and O–H groups in total. The molecule has 1 atom stereocenters. The number of ether oxygens (including phenoxy) is 2. The van der Waals surface area contributed by atoms with Crippen LogP contribution in [0.15, 0.2) is 18.2 Å². The Hall–Kier alpha value is -1.59. The summed E-state index contributed by atoms with van der Waals surface area (Å²) in [4.78, 5) is 11.4. The van der Waals surface area contributed by atoms with E-state index in [0.29, 0.717) is 6.61 Å². The summed E-state index contributed by atoms with van der Waals surface area (Å²) in [7, 11) is 0. The molecule has 0 saturated heterocycles. The average molecular weight is 282 g/mol. The highest BCUT2D eigenvalue weighted by atomic mass is 16.5. The van der Waals surface area contributed by atoms with Crippen molar-refractivity contribution in [2.24, 2.45) is 0 Å². The minimum absolute atomic E-state index is 0.00978. The molecule has 112 valence electrons. The fourth-order valence-corrected chi connectivity index (χ4v) is 1.69. The quantitative estimate of drug-likeness (QED) is 0.536. The average Bonchev–Trinajstić information content (AvgIpc) is 2.41. The van der Waals surface area contributed by atoms with E-state index in [2.05, 4.69) is 6.92 Å². The third-order valence-corrected chi connectivity index (χ3v) is 2.74. The minimum atomic E-state index is -0.769. The van der Waals surface area contributed by atoms with Gasteiger partial charge in [0.25, 0.3) is 0 Å². The lowest BCUT2D eigenvalue weighted by Crippen LogP contribution is -2.24. The summed E-state index contributed by atoms with van der Waals surface area (Å²) in [5.74, 6) is -0.138. The van der Waals surface area contributed by atoms with Gasteiger partial charge in [0.05, 0.1) is 6.61 Å². The van der Waals surface area contributed by atoms with Gasteiger partial charge in [-0.3, -0.25) is 4.79 Å². The van der Waals surface area contributed by atoms with E-state index in [1.165, 1.54) is 13.0 Å². The number of phenols is 1. The Balaban J connectivity index is 2.49. The molecule has 1 aromatic carbocycles. The van der Waals surface area contributed by atoms with Gasteiger partial charge in [-0.2, -0.15) is 0 Å². The molecule has 0 aliphatic heterocycles. The van der Waals surface area contributed by atoms with Gasteiger partial charge < -0.3 is 19.7 Å². The van der Waals surface area contributed by atoms with E-state index >= 15 is 0 Å². The summed E-state index contributed by atoms with van der Waals surface area (Å²) in [6.07, 6.45) is 1.22. The molecule has 20 heavy (non-hydrogen) atoms. The predicted octanol–water partition coefficient (Wildman–Crippen LogP) is 2.15. The van der Waals surface area contributed by atoms with E-state index in [1.54, 1.807) is 12.1 Å². The lowest BCUT2D eigenvalue weighted by molar-refractivity contribution is 0.0111. The van der Waals surface area contributed by atoms with Crippen LogP contribution in [0.25, 0.3) is 0 Å². The number of aliphatic hydroxyl groups excluding tert-OH is 1. The van der Waals surface area contributed by atoms with Crippen molar-refractivity contribution in [2.45, 2.75) is 32.8 Å². The van der Waals surface area contributed by atoms with Crippen LogP contribution >= 0.6 is 0 Å². The third-order valence-electron chi connectivity index (χ3n) is 2.74. The van der Waals surface area contributed by atoms with Crippen LogP contribution in [-0.2, 0) is 4.74 Å². The molecule has 0 saturated carbocycles. The second kappa shape index (κ2) is 8.55. The largest absolute Gasteiger partial charge is 0.507 e. The molecule has 0 aliphatic rings. The van der Waals surface area contributed by atoms with Crippen molar-refractivity contribution >= 4 is 5.78 Å². The molecule has 0 amide bonds. The molecule has 5 heteroatoms. The Morgan fingerprint density at radius 3 is 2.75 bits per heavy atom. The first kappa shape index (κ1) is 16.5. The van der Waals surface area contributed by atoms with Crippen molar-refractivity contribution in [3.8, 4) is 11.5 Å². The minimum Gasteiger partial charge on any atom is -0.507 e. The van der Waals surface area contributed by atoms with E-state index in [-0.39, 0.29) is 36.1 Å². The zero-order chi connectivity index (χ0) is 15.0. The normalized spacial score (nSPS) is 12.2. The molecule has 0 spiro atoms. The standard InChI is InChI=1S/C15H22O5/c1-3-4-8-19-9-12(17)10-20-14-7-5-6-13(18)15(14)11(2)16/h5-7,12,17-18H,3-4,8-10H2,1-2H3. The van der Waals surface area contributed by atoms with Gasteiger partial charge in [0.1, 0.15) is 29.8 Å². The van der Waals surface area contributed by atoms with Gasteiger partial charge in [0.15, 0.2) is 5.78 Å². The predicted molar refractivity (Wildman–Crippen MR) is 75.3 cm³/mol. The van der Waals surface area contributed by atoms with Crippen molar-refractivity contribution < 1.29 is 24.5 Å². The second-order valence-corrected chi connectivity index (χ2v) is 4.60. The van der Waals surface area contributed by atoms with E-state index in [0.717, 1.165) is 12.8 Å². The maximum absolute atomic E-state index is 11.4. The Labute approximate surface area is 119 Å². The lowest BCUT2D eigenvalue weighted by atomic mass is 10.1. The Kier molecular flexibility index (Phi) is 7.04. The van der Waals surface area contributed by atoms with Gasteiger partial charge >= 0.3 is 0 Å². The number of unbranched alkanes of at least 4 members (excludes halogenated alkanes) is 1. The van der Waals surface area contributed by atoms with E-state index < -0.39 is 6.10 Å². The van der Waals surface area contributed by atoms with Gasteiger partial charge in [-0.1, -0.05) is 19.4 Å². The highest BCUT2D eigenvalue weighted by Crippen LogP contribution is 2.27. The van der Waals surface area contributed by atoms with Gasteiger partial charge in [0.2, 0.25) is 0 Å². The number of ketones is 1. The summed E-state index contributed by atoms with van der Waals surface area (Å²) in [6.45, 7) is 4.22. The van der Waals surface area contributed by atoms with Crippen molar-refractivity contribution in [2.75, 3.05) is 19.8 Å². The zero-order valence-electron chi connectivity index (χ0n) is 12.0.